The summed E-state index contributed by atoms with van der Waals surface area (Å²) < 4.78 is 35.2. The molecule has 0 aliphatic heterocycles. The molecule has 0 radical (unpaired) electrons. The second-order valence-corrected chi connectivity index (χ2v) is 10.4. The molecule has 0 aliphatic carbocycles. The summed E-state index contributed by atoms with van der Waals surface area (Å²) in [6, 6.07) is 21.8. The minimum atomic E-state index is -4.15. The molecule has 2 N–H and O–H groups in total. The van der Waals surface area contributed by atoms with E-state index in [2.05, 4.69) is 14.7 Å². The molecular weight excluding hydrogens is 504 g/mol. The van der Waals surface area contributed by atoms with Gasteiger partial charge >= 0.3 is 0 Å². The second-order valence-electron chi connectivity index (χ2n) is 8.67. The zero-order chi connectivity index (χ0) is 26.5. The number of carbonyl (C=O) groups excluding carboxylic acids is 1. The first-order valence-corrected chi connectivity index (χ1v) is 13.3. The van der Waals surface area contributed by atoms with Crippen LogP contribution in [0.3, 0.4) is 0 Å². The van der Waals surface area contributed by atoms with E-state index in [-0.39, 0.29) is 23.5 Å². The Labute approximate surface area is 218 Å². The van der Waals surface area contributed by atoms with Crippen LogP contribution in [-0.2, 0) is 27.9 Å². The molecule has 0 fully saturated rings. The van der Waals surface area contributed by atoms with Gasteiger partial charge in [-0.1, -0.05) is 36.4 Å². The summed E-state index contributed by atoms with van der Waals surface area (Å²) in [5, 5.41) is 0.547. The summed E-state index contributed by atoms with van der Waals surface area (Å²) in [5.41, 5.74) is 1.49. The van der Waals surface area contributed by atoms with Crippen LogP contribution in [0.15, 0.2) is 118 Å². The summed E-state index contributed by atoms with van der Waals surface area (Å²) in [4.78, 5) is 33.9. The highest BCUT2D eigenvalue weighted by Crippen LogP contribution is 2.24. The van der Waals surface area contributed by atoms with Crippen LogP contribution in [0.2, 0.25) is 0 Å². The van der Waals surface area contributed by atoms with Crippen molar-refractivity contribution in [2.45, 2.75) is 24.0 Å². The molecule has 0 aliphatic rings. The quantitative estimate of drug-likeness (QED) is 0.300. The zero-order valence-electron chi connectivity index (χ0n) is 20.2. The van der Waals surface area contributed by atoms with Gasteiger partial charge < -0.3 is 14.3 Å². The van der Waals surface area contributed by atoms with Crippen LogP contribution < -0.4 is 10.3 Å². The summed E-state index contributed by atoms with van der Waals surface area (Å²) in [6.07, 6.45) is 4.82. The van der Waals surface area contributed by atoms with Gasteiger partial charge in [0, 0.05) is 30.5 Å². The molecule has 1 atom stereocenters. The maximum atomic E-state index is 14.0. The van der Waals surface area contributed by atoms with Gasteiger partial charge in [-0.05, 0) is 59.0 Å². The lowest BCUT2D eigenvalue weighted by Gasteiger charge is -2.27. The molecular formula is C28H24N4O5S. The van der Waals surface area contributed by atoms with Gasteiger partial charge in [-0.15, -0.1) is 0 Å². The normalized spacial score (nSPS) is 12.3. The average Bonchev–Trinajstić information content (AvgIpc) is 3.45. The number of furan rings is 1. The number of rotatable bonds is 9. The van der Waals surface area contributed by atoms with Crippen LogP contribution in [0.4, 0.5) is 0 Å². The number of hydrogen-bond acceptors (Lipinski definition) is 6. The third-order valence-electron chi connectivity index (χ3n) is 5.99. The number of benzene rings is 2. The van der Waals surface area contributed by atoms with E-state index in [1.54, 1.807) is 67.0 Å². The molecule has 5 rings (SSSR count). The maximum absolute atomic E-state index is 14.0. The SMILES string of the molecule is O=C(C(NS(=O)(=O)c1ccc2[nH]c(=O)ccc2c1)c1ccccc1)N(Cc1cccnc1)Cc1ccco1. The first kappa shape index (κ1) is 25.1. The highest BCUT2D eigenvalue weighted by atomic mass is 32.2. The number of H-pyrrole nitrogens is 1. The van der Waals surface area contributed by atoms with Gasteiger partial charge in [-0.3, -0.25) is 14.6 Å². The van der Waals surface area contributed by atoms with Crippen molar-refractivity contribution in [2.75, 3.05) is 0 Å². The van der Waals surface area contributed by atoms with E-state index < -0.39 is 22.0 Å². The number of nitrogens with zero attached hydrogens (tertiary/aromatic N) is 2. The number of aromatic nitrogens is 2. The molecule has 10 heteroatoms. The molecule has 1 unspecified atom stereocenters. The van der Waals surface area contributed by atoms with Gasteiger partial charge in [-0.2, -0.15) is 4.72 Å². The van der Waals surface area contributed by atoms with Gasteiger partial charge in [0.1, 0.15) is 11.8 Å². The minimum Gasteiger partial charge on any atom is -0.467 e. The second kappa shape index (κ2) is 10.8. The van der Waals surface area contributed by atoms with Gasteiger partial charge in [0.2, 0.25) is 21.5 Å². The van der Waals surface area contributed by atoms with Crippen molar-refractivity contribution in [3.63, 3.8) is 0 Å². The standard InChI is InChI=1S/C28H24N4O5S/c33-26-13-10-22-16-24(11-12-25(22)30-26)38(35,36)31-27(21-7-2-1-3-8-21)28(34)32(19-23-9-5-15-37-23)18-20-6-4-14-29-17-20/h1-17,27,31H,18-19H2,(H,30,33). The van der Waals surface area contributed by atoms with E-state index in [9.17, 15) is 18.0 Å². The summed E-state index contributed by atoms with van der Waals surface area (Å²) in [6.45, 7) is 0.330. The van der Waals surface area contributed by atoms with E-state index in [4.69, 9.17) is 4.42 Å². The Morgan fingerprint density at radius 3 is 2.55 bits per heavy atom. The van der Waals surface area contributed by atoms with Crippen molar-refractivity contribution in [2.24, 2.45) is 0 Å². The number of pyridine rings is 2. The van der Waals surface area contributed by atoms with E-state index >= 15 is 0 Å². The maximum Gasteiger partial charge on any atom is 0.248 e. The van der Waals surface area contributed by atoms with Gasteiger partial charge in [0.25, 0.3) is 0 Å². The van der Waals surface area contributed by atoms with Crippen LogP contribution in [0.25, 0.3) is 10.9 Å². The number of nitrogens with one attached hydrogen (secondary N) is 2. The fourth-order valence-electron chi connectivity index (χ4n) is 4.13. The molecule has 0 saturated heterocycles. The van der Waals surface area contributed by atoms with Crippen LogP contribution in [0, 0.1) is 0 Å². The Morgan fingerprint density at radius 2 is 1.82 bits per heavy atom. The third-order valence-corrected chi connectivity index (χ3v) is 7.41. The van der Waals surface area contributed by atoms with Crippen LogP contribution in [-0.4, -0.2) is 29.2 Å². The number of aromatic amines is 1. The molecule has 3 heterocycles. The summed E-state index contributed by atoms with van der Waals surface area (Å²) >= 11 is 0. The monoisotopic (exact) mass is 528 g/mol. The van der Waals surface area contributed by atoms with Crippen molar-refractivity contribution < 1.29 is 17.6 Å². The van der Waals surface area contributed by atoms with Gasteiger partial charge in [0.15, 0.2) is 0 Å². The third kappa shape index (κ3) is 5.72. The number of carbonyl (C=O) groups is 1. The molecule has 192 valence electrons. The Morgan fingerprint density at radius 1 is 0.974 bits per heavy atom. The molecule has 9 nitrogen and oxygen atoms in total. The largest absolute Gasteiger partial charge is 0.467 e. The Kier molecular flexibility index (Phi) is 7.16. The van der Waals surface area contributed by atoms with Crippen molar-refractivity contribution in [1.82, 2.24) is 19.6 Å². The van der Waals surface area contributed by atoms with Crippen molar-refractivity contribution in [3.05, 3.63) is 131 Å². The van der Waals surface area contributed by atoms with Crippen molar-refractivity contribution in [3.8, 4) is 0 Å². The predicted octanol–water partition coefficient (Wildman–Crippen LogP) is 3.76. The fraction of sp³-hybridized carbons (Fsp3) is 0.107. The van der Waals surface area contributed by atoms with E-state index in [1.807, 2.05) is 6.07 Å². The smallest absolute Gasteiger partial charge is 0.248 e. The first-order valence-electron chi connectivity index (χ1n) is 11.8. The number of sulfonamides is 1. The molecule has 2 aromatic carbocycles. The summed E-state index contributed by atoms with van der Waals surface area (Å²) in [7, 11) is -4.15. The fourth-order valence-corrected chi connectivity index (χ4v) is 5.34. The van der Waals surface area contributed by atoms with Crippen LogP contribution in [0.1, 0.15) is 22.9 Å². The topological polar surface area (TPSA) is 125 Å². The molecule has 5 aromatic rings. The lowest BCUT2D eigenvalue weighted by atomic mass is 10.1. The molecule has 3 aromatic heterocycles. The summed E-state index contributed by atoms with van der Waals surface area (Å²) in [5.74, 6) is 0.102. The lowest BCUT2D eigenvalue weighted by Crippen LogP contribution is -2.42. The molecule has 0 spiro atoms. The van der Waals surface area contributed by atoms with E-state index in [0.29, 0.717) is 22.2 Å². The van der Waals surface area contributed by atoms with E-state index in [0.717, 1.165) is 5.56 Å². The molecule has 0 bridgehead atoms. The molecule has 38 heavy (non-hydrogen) atoms. The lowest BCUT2D eigenvalue weighted by molar-refractivity contribution is -0.134. The number of fused-ring (bicyclic) bond motifs is 1. The number of hydrogen-bond donors (Lipinski definition) is 2. The van der Waals surface area contributed by atoms with E-state index in [1.165, 1.54) is 35.4 Å². The first-order chi connectivity index (χ1) is 18.4. The Balaban J connectivity index is 1.51. The van der Waals surface area contributed by atoms with Crippen molar-refractivity contribution in [1.29, 1.82) is 0 Å². The number of amides is 1. The molecule has 0 saturated carbocycles. The van der Waals surface area contributed by atoms with Gasteiger partial charge in [-0.25, -0.2) is 8.42 Å². The van der Waals surface area contributed by atoms with Crippen LogP contribution in [0.5, 0.6) is 0 Å². The minimum absolute atomic E-state index is 0.0318. The Bertz CT molecular complexity index is 1700. The highest BCUT2D eigenvalue weighted by molar-refractivity contribution is 7.89. The molecule has 1 amide bonds. The van der Waals surface area contributed by atoms with Crippen LogP contribution >= 0.6 is 0 Å². The zero-order valence-corrected chi connectivity index (χ0v) is 21.0. The average molecular weight is 529 g/mol. The Hall–Kier alpha value is -4.54. The predicted molar refractivity (Wildman–Crippen MR) is 141 cm³/mol. The van der Waals surface area contributed by atoms with Gasteiger partial charge in [0.05, 0.1) is 17.7 Å². The van der Waals surface area contributed by atoms with Crippen molar-refractivity contribution >= 4 is 26.8 Å². The highest BCUT2D eigenvalue weighted by Gasteiger charge is 2.31.